The summed E-state index contributed by atoms with van der Waals surface area (Å²) >= 11 is 0. The summed E-state index contributed by atoms with van der Waals surface area (Å²) in [5, 5.41) is 29.2. The molecule has 12 N–H and O–H groups in total. The van der Waals surface area contributed by atoms with Gasteiger partial charge in [0.1, 0.15) is 48.0 Å². The molecule has 426 valence electrons. The molecule has 1 aromatic rings. The Morgan fingerprint density at radius 1 is 0.737 bits per heavy atom. The van der Waals surface area contributed by atoms with Crippen LogP contribution in [0.25, 0.3) is 0 Å². The van der Waals surface area contributed by atoms with Crippen LogP contribution in [-0.2, 0) is 54.4 Å². The highest BCUT2D eigenvalue weighted by molar-refractivity contribution is 5.98. The van der Waals surface area contributed by atoms with Gasteiger partial charge < -0.3 is 68.5 Å². The first-order valence-electron chi connectivity index (χ1n) is 26.5. The molecule has 0 spiro atoms. The summed E-state index contributed by atoms with van der Waals surface area (Å²) in [4.78, 5) is 144. The summed E-state index contributed by atoms with van der Waals surface area (Å²) in [5.41, 5.74) is 11.6. The number of nitrogens with two attached hydrogens (primary N) is 2. The predicted octanol–water partition coefficient (Wildman–Crippen LogP) is -0.491. The number of nitrogens with one attached hydrogen (secondary N) is 7. The minimum Gasteiger partial charge on any atom is -0.508 e. The number of hydrogen-bond acceptors (Lipinski definition) is 12. The summed E-state index contributed by atoms with van der Waals surface area (Å²) in [6.07, 6.45) is 2.71. The van der Waals surface area contributed by atoms with E-state index in [2.05, 4.69) is 42.2 Å². The number of aromatic hydroxyl groups is 1. The average molecular weight is 1070 g/mol. The van der Waals surface area contributed by atoms with Crippen molar-refractivity contribution in [3.05, 3.63) is 29.8 Å². The maximum atomic E-state index is 14.7. The van der Waals surface area contributed by atoms with Gasteiger partial charge in [-0.3, -0.25) is 52.9 Å². The number of amides is 10. The number of likely N-dealkylation sites (N-methyl/N-ethyl adjacent to an activating group) is 3. The standard InChI is InChI=1S/C52H87N13O11/c1-12-18-36(45(70)61-43(31(7)13-2)49(74)59-37(19-16-25-56-52(53)54)50(75)65-26-17-20-38(65)46(71)55-15-4)58-47(72)39(27-34-21-23-35(67)24-22-34)64(11)51(76)44(32(8)14-3)62-48(73)42(30(5)6)60-40(68)28-57-41(69)29-63(10)33(9)66/h21-24,30-32,36-39,42-44,67H,12-20,25-29H2,1-11H3,(H,55,71)(H,57,69)(H,58,72)(H,59,74)(H,60,68)(H,61,70)(H,62,73)(H4,53,54,56)/t31-,32?,36-,37-,38-,39-,42-,43-,44+/m0/s1. The molecule has 0 aliphatic carbocycles. The molecule has 10 amide bonds. The molecule has 1 aromatic carbocycles. The van der Waals surface area contributed by atoms with E-state index >= 15 is 0 Å². The number of carbonyl (C=O) groups excluding carboxylic acids is 10. The maximum Gasteiger partial charge on any atom is 0.245 e. The van der Waals surface area contributed by atoms with Gasteiger partial charge in [0, 0.05) is 47.1 Å². The van der Waals surface area contributed by atoms with Crippen molar-refractivity contribution in [3.8, 4) is 5.75 Å². The summed E-state index contributed by atoms with van der Waals surface area (Å²) in [7, 11) is 2.83. The zero-order valence-corrected chi connectivity index (χ0v) is 46.5. The quantitative estimate of drug-likeness (QED) is 0.0255. The summed E-state index contributed by atoms with van der Waals surface area (Å²) in [6.45, 7) is 15.5. The van der Waals surface area contributed by atoms with Crippen molar-refractivity contribution in [3.63, 3.8) is 0 Å². The molecule has 1 saturated heterocycles. The third-order valence-electron chi connectivity index (χ3n) is 13.6. The van der Waals surface area contributed by atoms with Crippen LogP contribution < -0.4 is 48.7 Å². The van der Waals surface area contributed by atoms with E-state index in [1.165, 1.54) is 47.9 Å². The van der Waals surface area contributed by atoms with E-state index in [0.29, 0.717) is 57.2 Å². The van der Waals surface area contributed by atoms with Crippen LogP contribution in [0.1, 0.15) is 119 Å². The second-order valence-corrected chi connectivity index (χ2v) is 20.0. The summed E-state index contributed by atoms with van der Waals surface area (Å²) in [5.74, 6) is -7.47. The van der Waals surface area contributed by atoms with Gasteiger partial charge >= 0.3 is 0 Å². The minimum atomic E-state index is -1.30. The predicted molar refractivity (Wildman–Crippen MR) is 286 cm³/mol. The molecule has 24 nitrogen and oxygen atoms in total. The van der Waals surface area contributed by atoms with Crippen LogP contribution in [0.3, 0.4) is 0 Å². The number of likely N-dealkylation sites (tertiary alicyclic amines) is 1. The average Bonchev–Trinajstić information content (AvgIpc) is 3.88. The molecule has 0 aromatic heterocycles. The van der Waals surface area contributed by atoms with Gasteiger partial charge in [0.15, 0.2) is 5.96 Å². The molecule has 9 atom stereocenters. The molecule has 1 unspecified atom stereocenters. The van der Waals surface area contributed by atoms with Crippen molar-refractivity contribution in [2.75, 3.05) is 46.8 Å². The van der Waals surface area contributed by atoms with Crippen molar-refractivity contribution >= 4 is 65.0 Å². The van der Waals surface area contributed by atoms with Crippen molar-refractivity contribution in [1.82, 2.24) is 51.9 Å². The van der Waals surface area contributed by atoms with E-state index in [1.54, 1.807) is 53.7 Å². The van der Waals surface area contributed by atoms with Gasteiger partial charge in [0.2, 0.25) is 59.1 Å². The highest BCUT2D eigenvalue weighted by Crippen LogP contribution is 2.22. The molecule has 24 heteroatoms. The molecule has 1 aliphatic rings. The normalized spacial score (nSPS) is 16.2. The number of phenolic OH excluding ortho intramolecular Hbond substituents is 1. The first kappa shape index (κ1) is 65.1. The summed E-state index contributed by atoms with van der Waals surface area (Å²) < 4.78 is 0. The van der Waals surface area contributed by atoms with Crippen LogP contribution >= 0.6 is 0 Å². The largest absolute Gasteiger partial charge is 0.508 e. The Morgan fingerprint density at radius 2 is 1.33 bits per heavy atom. The highest BCUT2D eigenvalue weighted by atomic mass is 16.3. The lowest BCUT2D eigenvalue weighted by Crippen LogP contribution is -2.62. The number of rotatable bonds is 31. The molecule has 1 heterocycles. The SMILES string of the molecule is CCC[C@H](NC(=O)[C@H](Cc1ccc(O)cc1)N(C)C(=O)[C@H](NC(=O)[C@@H](NC(=O)CNC(=O)CN(C)C(C)=O)C(C)C)C(C)CC)C(=O)N[C@H](C(=O)N[C@@H](CCCN=C(N)N)C(=O)N1CCC[C@H]1C(=O)NCC)[C@@H](C)CC. The topological polar surface area (TPSA) is 349 Å². The van der Waals surface area contributed by atoms with E-state index in [1.807, 2.05) is 13.8 Å². The van der Waals surface area contributed by atoms with E-state index in [9.17, 15) is 53.1 Å². The second kappa shape index (κ2) is 32.4. The number of carbonyl (C=O) groups is 10. The van der Waals surface area contributed by atoms with Crippen LogP contribution in [0.5, 0.6) is 5.75 Å². The maximum absolute atomic E-state index is 14.7. The monoisotopic (exact) mass is 1070 g/mol. The lowest BCUT2D eigenvalue weighted by Gasteiger charge is -2.35. The molecule has 0 saturated carbocycles. The Morgan fingerprint density at radius 3 is 1.89 bits per heavy atom. The molecular formula is C52H87N13O11. The van der Waals surface area contributed by atoms with Crippen LogP contribution in [-0.4, -0.2) is 174 Å². The minimum absolute atomic E-state index is 0.0377. The Balaban J connectivity index is 2.47. The Kier molecular flexibility index (Phi) is 27.8. The molecule has 1 aliphatic heterocycles. The second-order valence-electron chi connectivity index (χ2n) is 20.0. The summed E-state index contributed by atoms with van der Waals surface area (Å²) in [6, 6.07) is -1.90. The fraction of sp³-hybridized carbons (Fsp3) is 0.673. The van der Waals surface area contributed by atoms with Crippen molar-refractivity contribution < 1.29 is 53.1 Å². The molecule has 2 rings (SSSR count). The fourth-order valence-corrected chi connectivity index (χ4v) is 8.48. The smallest absolute Gasteiger partial charge is 0.245 e. The Hall–Kier alpha value is -7.01. The van der Waals surface area contributed by atoms with E-state index in [0.717, 1.165) is 0 Å². The number of aliphatic imine (C=N–C) groups is 1. The molecule has 76 heavy (non-hydrogen) atoms. The molecule has 0 radical (unpaired) electrons. The van der Waals surface area contributed by atoms with Crippen LogP contribution in [0.4, 0.5) is 0 Å². The molecule has 0 bridgehead atoms. The lowest BCUT2D eigenvalue weighted by atomic mass is 9.94. The Bertz CT molecular complexity index is 2170. The highest BCUT2D eigenvalue weighted by Gasteiger charge is 2.41. The van der Waals surface area contributed by atoms with Crippen molar-refractivity contribution in [2.24, 2.45) is 34.2 Å². The van der Waals surface area contributed by atoms with Gasteiger partial charge in [0.25, 0.3) is 0 Å². The van der Waals surface area contributed by atoms with Crippen molar-refractivity contribution in [1.29, 1.82) is 0 Å². The van der Waals surface area contributed by atoms with Gasteiger partial charge in [-0.2, -0.15) is 0 Å². The van der Waals surface area contributed by atoms with Gasteiger partial charge in [-0.25, -0.2) is 0 Å². The zero-order valence-electron chi connectivity index (χ0n) is 46.5. The van der Waals surface area contributed by atoms with Crippen molar-refractivity contribution in [2.45, 2.75) is 162 Å². The Labute approximate surface area is 447 Å². The molecular weight excluding hydrogens is 983 g/mol. The van der Waals surface area contributed by atoms with Crippen LogP contribution in [0, 0.1) is 17.8 Å². The third-order valence-corrected chi connectivity index (χ3v) is 13.6. The van der Waals surface area contributed by atoms with Gasteiger partial charge in [-0.05, 0) is 74.5 Å². The van der Waals surface area contributed by atoms with Crippen LogP contribution in [0.15, 0.2) is 29.3 Å². The van der Waals surface area contributed by atoms with Gasteiger partial charge in [-0.15, -0.1) is 0 Å². The number of nitrogens with zero attached hydrogens (tertiary/aromatic N) is 4. The fourth-order valence-electron chi connectivity index (χ4n) is 8.48. The number of phenols is 1. The number of benzene rings is 1. The van der Waals surface area contributed by atoms with Gasteiger partial charge in [0.05, 0.1) is 13.1 Å². The number of guanidine groups is 1. The third kappa shape index (κ3) is 20.6. The first-order valence-corrected chi connectivity index (χ1v) is 26.5. The van der Waals surface area contributed by atoms with E-state index in [-0.39, 0.29) is 55.9 Å². The van der Waals surface area contributed by atoms with Gasteiger partial charge in [-0.1, -0.05) is 79.9 Å². The number of hydrogen-bond donors (Lipinski definition) is 10. The van der Waals surface area contributed by atoms with E-state index in [4.69, 9.17) is 11.5 Å². The van der Waals surface area contributed by atoms with Crippen LogP contribution in [0.2, 0.25) is 0 Å². The molecule has 1 fully saturated rings. The zero-order chi connectivity index (χ0) is 57.4. The lowest BCUT2D eigenvalue weighted by molar-refractivity contribution is -0.144. The first-order chi connectivity index (χ1) is 35.8. The van der Waals surface area contributed by atoms with E-state index < -0.39 is 114 Å².